The number of anilines is 1. The highest BCUT2D eigenvalue weighted by Gasteiger charge is 2.12. The van der Waals surface area contributed by atoms with Crippen LogP contribution in [0.2, 0.25) is 0 Å². The van der Waals surface area contributed by atoms with Crippen molar-refractivity contribution in [2.75, 3.05) is 18.4 Å². The van der Waals surface area contributed by atoms with Crippen LogP contribution in [0.4, 0.5) is 5.69 Å². The van der Waals surface area contributed by atoms with Crippen molar-refractivity contribution in [2.24, 2.45) is 0 Å². The molecule has 0 aliphatic heterocycles. The normalized spacial score (nSPS) is 11.3. The molecule has 25 heavy (non-hydrogen) atoms. The van der Waals surface area contributed by atoms with Crippen LogP contribution in [0.5, 0.6) is 0 Å². The second kappa shape index (κ2) is 8.75. The van der Waals surface area contributed by atoms with Crippen LogP contribution >= 0.6 is 0 Å². The van der Waals surface area contributed by atoms with E-state index in [4.69, 9.17) is 0 Å². The van der Waals surface area contributed by atoms with Gasteiger partial charge in [0.05, 0.1) is 4.90 Å². The topological polar surface area (TPSA) is 87.3 Å². The number of aryl methyl sites for hydroxylation is 1. The number of sulfonamides is 1. The summed E-state index contributed by atoms with van der Waals surface area (Å²) >= 11 is 0. The highest BCUT2D eigenvalue weighted by Crippen LogP contribution is 2.10. The molecule has 0 spiro atoms. The third-order valence-corrected chi connectivity index (χ3v) is 5.01. The number of amides is 1. The maximum absolute atomic E-state index is 12.1. The number of hydrogen-bond donors (Lipinski definition) is 3. The third-order valence-electron chi connectivity index (χ3n) is 3.53. The van der Waals surface area contributed by atoms with Gasteiger partial charge in [-0.1, -0.05) is 29.8 Å². The lowest BCUT2D eigenvalue weighted by Gasteiger charge is -2.09. The quantitative estimate of drug-likeness (QED) is 0.628. The van der Waals surface area contributed by atoms with E-state index in [-0.39, 0.29) is 10.8 Å². The van der Waals surface area contributed by atoms with Gasteiger partial charge in [0.25, 0.3) is 0 Å². The first-order chi connectivity index (χ1) is 11.9. The number of carbonyl (C=O) groups is 1. The van der Waals surface area contributed by atoms with E-state index in [0.29, 0.717) is 19.6 Å². The molecule has 2 rings (SSSR count). The van der Waals surface area contributed by atoms with Crippen LogP contribution in [0.25, 0.3) is 0 Å². The van der Waals surface area contributed by atoms with E-state index in [1.165, 1.54) is 6.92 Å². The zero-order valence-electron chi connectivity index (χ0n) is 14.4. The Morgan fingerprint density at radius 2 is 1.60 bits per heavy atom. The molecule has 0 heterocycles. The van der Waals surface area contributed by atoms with Crippen molar-refractivity contribution in [1.82, 2.24) is 10.0 Å². The second-order valence-corrected chi connectivity index (χ2v) is 7.53. The highest BCUT2D eigenvalue weighted by atomic mass is 32.2. The Morgan fingerprint density at radius 3 is 2.20 bits per heavy atom. The lowest BCUT2D eigenvalue weighted by molar-refractivity contribution is -0.114. The minimum Gasteiger partial charge on any atom is -0.326 e. The van der Waals surface area contributed by atoms with Crippen molar-refractivity contribution >= 4 is 21.6 Å². The molecule has 2 aromatic carbocycles. The maximum Gasteiger partial charge on any atom is 0.240 e. The summed E-state index contributed by atoms with van der Waals surface area (Å²) in [5.41, 5.74) is 2.82. The molecule has 3 N–H and O–H groups in total. The molecule has 0 atom stereocenters. The fraction of sp³-hybridized carbons (Fsp3) is 0.278. The average Bonchev–Trinajstić information content (AvgIpc) is 2.56. The molecule has 0 aromatic heterocycles. The first kappa shape index (κ1) is 19.1. The standard InChI is InChI=1S/C18H23N3O3S/c1-14-3-9-18(10-4-14)25(23,24)20-12-11-19-13-16-5-7-17(8-6-16)21-15(2)22/h3-10,19-20H,11-13H2,1-2H3,(H,21,22). The monoisotopic (exact) mass is 361 g/mol. The predicted octanol–water partition coefficient (Wildman–Crippen LogP) is 2.02. The third kappa shape index (κ3) is 6.30. The van der Waals surface area contributed by atoms with Crippen molar-refractivity contribution in [1.29, 1.82) is 0 Å². The molecule has 0 unspecified atom stereocenters. The van der Waals surface area contributed by atoms with E-state index in [1.807, 2.05) is 31.2 Å². The zero-order chi connectivity index (χ0) is 18.3. The van der Waals surface area contributed by atoms with E-state index in [1.54, 1.807) is 24.3 Å². The van der Waals surface area contributed by atoms with Crippen LogP contribution in [0, 0.1) is 6.92 Å². The van der Waals surface area contributed by atoms with E-state index >= 15 is 0 Å². The second-order valence-electron chi connectivity index (χ2n) is 5.77. The Bertz CT molecular complexity index is 800. The van der Waals surface area contributed by atoms with Crippen LogP contribution in [0.15, 0.2) is 53.4 Å². The molecule has 0 bridgehead atoms. The summed E-state index contributed by atoms with van der Waals surface area (Å²) in [6.45, 7) is 4.81. The van der Waals surface area contributed by atoms with Crippen LogP contribution in [0.3, 0.4) is 0 Å². The molecule has 0 fully saturated rings. The Balaban J connectivity index is 1.74. The largest absolute Gasteiger partial charge is 0.326 e. The van der Waals surface area contributed by atoms with Crippen molar-refractivity contribution < 1.29 is 13.2 Å². The van der Waals surface area contributed by atoms with Gasteiger partial charge in [-0.2, -0.15) is 0 Å². The molecule has 134 valence electrons. The van der Waals surface area contributed by atoms with Gasteiger partial charge in [0.15, 0.2) is 0 Å². The Kier molecular flexibility index (Phi) is 6.69. The summed E-state index contributed by atoms with van der Waals surface area (Å²) in [6, 6.07) is 14.2. The first-order valence-electron chi connectivity index (χ1n) is 8.00. The molecule has 0 saturated heterocycles. The number of nitrogens with one attached hydrogen (secondary N) is 3. The lowest BCUT2D eigenvalue weighted by atomic mass is 10.2. The molecule has 6 nitrogen and oxygen atoms in total. The van der Waals surface area contributed by atoms with Crippen LogP contribution in [0.1, 0.15) is 18.1 Å². The van der Waals surface area contributed by atoms with Crippen LogP contribution in [-0.2, 0) is 21.4 Å². The van der Waals surface area contributed by atoms with Crippen LogP contribution < -0.4 is 15.4 Å². The van der Waals surface area contributed by atoms with Gasteiger partial charge in [0.2, 0.25) is 15.9 Å². The molecule has 7 heteroatoms. The summed E-state index contributed by atoms with van der Waals surface area (Å²) in [5.74, 6) is -0.105. The molecular weight excluding hydrogens is 338 g/mol. The van der Waals surface area contributed by atoms with Gasteiger partial charge in [-0.3, -0.25) is 4.79 Å². The Morgan fingerprint density at radius 1 is 0.960 bits per heavy atom. The SMILES string of the molecule is CC(=O)Nc1ccc(CNCCNS(=O)(=O)c2ccc(C)cc2)cc1. The molecule has 2 aromatic rings. The first-order valence-corrected chi connectivity index (χ1v) is 9.49. The van der Waals surface area contributed by atoms with Gasteiger partial charge < -0.3 is 10.6 Å². The highest BCUT2D eigenvalue weighted by molar-refractivity contribution is 7.89. The minimum absolute atomic E-state index is 0.105. The summed E-state index contributed by atoms with van der Waals surface area (Å²) in [7, 11) is -3.47. The number of hydrogen-bond acceptors (Lipinski definition) is 4. The van der Waals surface area contributed by atoms with Gasteiger partial charge in [0, 0.05) is 32.2 Å². The molecular formula is C18H23N3O3S. The van der Waals surface area contributed by atoms with Gasteiger partial charge in [0.1, 0.15) is 0 Å². The average molecular weight is 361 g/mol. The Hall–Kier alpha value is -2.22. The van der Waals surface area contributed by atoms with E-state index in [0.717, 1.165) is 16.8 Å². The van der Waals surface area contributed by atoms with Gasteiger partial charge in [-0.05, 0) is 36.8 Å². The molecule has 0 saturated carbocycles. The summed E-state index contributed by atoms with van der Waals surface area (Å²) in [4.78, 5) is 11.2. The predicted molar refractivity (Wildman–Crippen MR) is 98.8 cm³/mol. The van der Waals surface area contributed by atoms with Gasteiger partial charge in [-0.15, -0.1) is 0 Å². The summed E-state index contributed by atoms with van der Waals surface area (Å²) in [6.07, 6.45) is 0. The van der Waals surface area contributed by atoms with E-state index in [2.05, 4.69) is 15.4 Å². The molecule has 0 aliphatic rings. The molecule has 1 amide bonds. The van der Waals surface area contributed by atoms with Crippen molar-refractivity contribution in [3.05, 3.63) is 59.7 Å². The summed E-state index contributed by atoms with van der Waals surface area (Å²) < 4.78 is 26.8. The zero-order valence-corrected chi connectivity index (χ0v) is 15.2. The van der Waals surface area contributed by atoms with Crippen molar-refractivity contribution in [3.63, 3.8) is 0 Å². The fourth-order valence-corrected chi connectivity index (χ4v) is 3.25. The van der Waals surface area contributed by atoms with Crippen molar-refractivity contribution in [3.8, 4) is 0 Å². The number of carbonyl (C=O) groups excluding carboxylic acids is 1. The Labute approximate surface area is 148 Å². The van der Waals surface area contributed by atoms with E-state index < -0.39 is 10.0 Å². The lowest BCUT2D eigenvalue weighted by Crippen LogP contribution is -2.31. The summed E-state index contributed by atoms with van der Waals surface area (Å²) in [5, 5.41) is 5.89. The molecule has 0 aliphatic carbocycles. The van der Waals surface area contributed by atoms with E-state index in [9.17, 15) is 13.2 Å². The number of rotatable bonds is 8. The fourth-order valence-electron chi connectivity index (χ4n) is 2.22. The minimum atomic E-state index is -3.47. The number of benzene rings is 2. The van der Waals surface area contributed by atoms with Gasteiger partial charge >= 0.3 is 0 Å². The maximum atomic E-state index is 12.1. The van der Waals surface area contributed by atoms with Crippen LogP contribution in [-0.4, -0.2) is 27.4 Å². The smallest absolute Gasteiger partial charge is 0.240 e. The van der Waals surface area contributed by atoms with Gasteiger partial charge in [-0.25, -0.2) is 13.1 Å². The molecule has 0 radical (unpaired) electrons. The van der Waals surface area contributed by atoms with Crippen molar-refractivity contribution in [2.45, 2.75) is 25.3 Å².